The molecule has 1 aliphatic carbocycles. The Kier molecular flexibility index (Phi) is 4.45. The van der Waals surface area contributed by atoms with Crippen molar-refractivity contribution >= 4 is 11.8 Å². The van der Waals surface area contributed by atoms with Gasteiger partial charge in [0.1, 0.15) is 11.5 Å². The average Bonchev–Trinajstić information content (AvgIpc) is 2.93. The molecule has 1 fully saturated rings. The van der Waals surface area contributed by atoms with Gasteiger partial charge in [0.2, 0.25) is 0 Å². The summed E-state index contributed by atoms with van der Waals surface area (Å²) < 4.78 is 29.4. The van der Waals surface area contributed by atoms with E-state index in [2.05, 4.69) is 12.2 Å². The summed E-state index contributed by atoms with van der Waals surface area (Å²) in [6, 6.07) is 4.25. The molecule has 17 heavy (non-hydrogen) atoms. The molecule has 1 aromatic rings. The van der Waals surface area contributed by atoms with Gasteiger partial charge in [-0.2, -0.15) is 8.78 Å². The van der Waals surface area contributed by atoms with Crippen LogP contribution in [0.25, 0.3) is 0 Å². The predicted molar refractivity (Wildman–Crippen MR) is 65.0 cm³/mol. The maximum atomic E-state index is 12.0. The van der Waals surface area contributed by atoms with Crippen molar-refractivity contribution < 1.29 is 13.2 Å². The third kappa shape index (κ3) is 4.00. The van der Waals surface area contributed by atoms with Crippen LogP contribution in [0.4, 0.5) is 8.78 Å². The lowest BCUT2D eigenvalue weighted by molar-refractivity contribution is 0.251. The van der Waals surface area contributed by atoms with Crippen molar-refractivity contribution in [1.82, 2.24) is 5.32 Å². The Hall–Kier alpha value is -0.550. The third-order valence-corrected chi connectivity index (χ3v) is 3.76. The van der Waals surface area contributed by atoms with Crippen LogP contribution in [-0.4, -0.2) is 11.8 Å². The number of thioether (sulfide) groups is 1. The van der Waals surface area contributed by atoms with Crippen molar-refractivity contribution in [3.63, 3.8) is 0 Å². The first-order valence-corrected chi connectivity index (χ1v) is 6.94. The Labute approximate surface area is 104 Å². The van der Waals surface area contributed by atoms with Gasteiger partial charge in [-0.15, -0.1) is 0 Å². The molecule has 1 aromatic heterocycles. The van der Waals surface area contributed by atoms with E-state index in [9.17, 15) is 8.78 Å². The van der Waals surface area contributed by atoms with Gasteiger partial charge in [-0.05, 0) is 24.5 Å². The summed E-state index contributed by atoms with van der Waals surface area (Å²) in [6.07, 6.45) is 2.46. The van der Waals surface area contributed by atoms with E-state index in [1.54, 1.807) is 6.07 Å². The second-order valence-corrected chi connectivity index (χ2v) is 5.31. The largest absolute Gasteiger partial charge is 0.464 e. The average molecular weight is 261 g/mol. The van der Waals surface area contributed by atoms with E-state index in [-0.39, 0.29) is 5.75 Å². The van der Waals surface area contributed by atoms with E-state index >= 15 is 0 Å². The Morgan fingerprint density at radius 3 is 2.88 bits per heavy atom. The van der Waals surface area contributed by atoms with Crippen LogP contribution >= 0.6 is 11.8 Å². The Balaban J connectivity index is 1.71. The molecule has 2 nitrogen and oxygen atoms in total. The summed E-state index contributed by atoms with van der Waals surface area (Å²) in [4.78, 5) is 0. The summed E-state index contributed by atoms with van der Waals surface area (Å²) in [5, 5.41) is 3.40. The van der Waals surface area contributed by atoms with Crippen LogP contribution in [0.1, 0.15) is 31.3 Å². The second kappa shape index (κ2) is 5.87. The first-order chi connectivity index (χ1) is 8.19. The first-order valence-electron chi connectivity index (χ1n) is 5.89. The highest BCUT2D eigenvalue weighted by atomic mass is 32.2. The lowest BCUT2D eigenvalue weighted by Crippen LogP contribution is -2.16. The Morgan fingerprint density at radius 1 is 1.47 bits per heavy atom. The van der Waals surface area contributed by atoms with Crippen molar-refractivity contribution in [2.24, 2.45) is 5.92 Å². The zero-order valence-corrected chi connectivity index (χ0v) is 10.6. The molecule has 2 rings (SSSR count). The van der Waals surface area contributed by atoms with Crippen LogP contribution in [0, 0.1) is 5.92 Å². The number of hydrogen-bond donors (Lipinski definition) is 1. The first kappa shape index (κ1) is 12.9. The van der Waals surface area contributed by atoms with Crippen LogP contribution < -0.4 is 5.32 Å². The minimum absolute atomic E-state index is 0.235. The van der Waals surface area contributed by atoms with E-state index < -0.39 is 5.76 Å². The van der Waals surface area contributed by atoms with Crippen LogP contribution in [-0.2, 0) is 12.3 Å². The van der Waals surface area contributed by atoms with Crippen molar-refractivity contribution in [1.29, 1.82) is 0 Å². The Bertz CT molecular complexity index is 356. The van der Waals surface area contributed by atoms with Crippen molar-refractivity contribution in [2.45, 2.75) is 43.9 Å². The molecule has 2 unspecified atom stereocenters. The molecular weight excluding hydrogens is 244 g/mol. The van der Waals surface area contributed by atoms with Crippen LogP contribution in [0.15, 0.2) is 16.5 Å². The number of alkyl halides is 2. The molecule has 0 spiro atoms. The fourth-order valence-corrected chi connectivity index (χ4v) is 2.37. The number of furan rings is 1. The molecule has 1 N–H and O–H groups in total. The van der Waals surface area contributed by atoms with Gasteiger partial charge in [0.15, 0.2) is 0 Å². The maximum Gasteiger partial charge on any atom is 0.284 e. The van der Waals surface area contributed by atoms with Gasteiger partial charge in [0, 0.05) is 6.04 Å². The maximum absolute atomic E-state index is 12.0. The normalized spacial score (nSPS) is 23.3. The zero-order chi connectivity index (χ0) is 12.3. The minimum atomic E-state index is -2.33. The molecule has 1 aliphatic rings. The zero-order valence-electron chi connectivity index (χ0n) is 9.79. The van der Waals surface area contributed by atoms with E-state index in [1.165, 1.54) is 12.8 Å². The molecule has 5 heteroatoms. The van der Waals surface area contributed by atoms with E-state index in [1.807, 2.05) is 6.07 Å². The number of nitrogens with one attached hydrogen (secondary N) is 1. The number of halogens is 2. The quantitative estimate of drug-likeness (QED) is 0.811. The smallest absolute Gasteiger partial charge is 0.284 e. The van der Waals surface area contributed by atoms with Crippen molar-refractivity contribution in [3.05, 3.63) is 23.7 Å². The van der Waals surface area contributed by atoms with Gasteiger partial charge >= 0.3 is 0 Å². The summed E-state index contributed by atoms with van der Waals surface area (Å²) in [7, 11) is 0. The Morgan fingerprint density at radius 2 is 2.24 bits per heavy atom. The van der Waals surface area contributed by atoms with E-state index in [4.69, 9.17) is 4.42 Å². The van der Waals surface area contributed by atoms with Gasteiger partial charge < -0.3 is 9.73 Å². The minimum Gasteiger partial charge on any atom is -0.464 e. The molecule has 1 heterocycles. The molecular formula is C12H17F2NOS. The van der Waals surface area contributed by atoms with E-state index in [0.29, 0.717) is 30.1 Å². The predicted octanol–water partition coefficient (Wildman–Crippen LogP) is 3.62. The molecule has 2 atom stereocenters. The lowest BCUT2D eigenvalue weighted by atomic mass is 10.3. The molecule has 0 saturated heterocycles. The highest BCUT2D eigenvalue weighted by Gasteiger charge is 2.34. The van der Waals surface area contributed by atoms with Crippen molar-refractivity contribution in [2.75, 3.05) is 0 Å². The molecule has 0 aliphatic heterocycles. The standard InChI is InChI=1S/C12H17F2NOS/c1-2-8-5-11(8)15-6-9-3-4-10(16-9)7-17-12(13)14/h3-4,8,11-12,15H,2,5-7H2,1H3. The molecule has 1 saturated carbocycles. The second-order valence-electron chi connectivity index (χ2n) is 4.33. The SMILES string of the molecule is CCC1CC1NCc1ccc(CSC(F)F)o1. The monoisotopic (exact) mass is 261 g/mol. The fourth-order valence-electron chi connectivity index (χ4n) is 1.92. The summed E-state index contributed by atoms with van der Waals surface area (Å²) in [5.41, 5.74) is 0. The van der Waals surface area contributed by atoms with Gasteiger partial charge in [-0.3, -0.25) is 0 Å². The molecule has 0 radical (unpaired) electrons. The molecule has 0 amide bonds. The number of rotatable bonds is 7. The summed E-state index contributed by atoms with van der Waals surface area (Å²) in [6.45, 7) is 2.89. The fraction of sp³-hybridized carbons (Fsp3) is 0.667. The topological polar surface area (TPSA) is 25.2 Å². The third-order valence-electron chi connectivity index (χ3n) is 3.05. The highest BCUT2D eigenvalue weighted by molar-refractivity contribution is 7.98. The van der Waals surface area contributed by atoms with Crippen LogP contribution in [0.5, 0.6) is 0 Å². The van der Waals surface area contributed by atoms with E-state index in [0.717, 1.165) is 11.7 Å². The summed E-state index contributed by atoms with van der Waals surface area (Å²) >= 11 is 0.591. The van der Waals surface area contributed by atoms with Gasteiger partial charge in [-0.1, -0.05) is 25.1 Å². The highest BCUT2D eigenvalue weighted by Crippen LogP contribution is 2.33. The van der Waals surface area contributed by atoms with Crippen molar-refractivity contribution in [3.8, 4) is 0 Å². The molecule has 96 valence electrons. The van der Waals surface area contributed by atoms with Crippen LogP contribution in [0.2, 0.25) is 0 Å². The van der Waals surface area contributed by atoms with Gasteiger partial charge in [-0.25, -0.2) is 0 Å². The molecule has 0 aromatic carbocycles. The summed E-state index contributed by atoms with van der Waals surface area (Å²) in [5.74, 6) is 0.155. The van der Waals surface area contributed by atoms with Gasteiger partial charge in [0.05, 0.1) is 12.3 Å². The lowest BCUT2D eigenvalue weighted by Gasteiger charge is -2.00. The molecule has 0 bridgehead atoms. The van der Waals surface area contributed by atoms with Crippen LogP contribution in [0.3, 0.4) is 0 Å². The number of hydrogen-bond acceptors (Lipinski definition) is 3. The van der Waals surface area contributed by atoms with Gasteiger partial charge in [0.25, 0.3) is 5.76 Å².